The summed E-state index contributed by atoms with van der Waals surface area (Å²) in [5, 5.41) is 9.15. The third kappa shape index (κ3) is 0.867. The summed E-state index contributed by atoms with van der Waals surface area (Å²) < 4.78 is 0. The first-order valence-corrected chi connectivity index (χ1v) is 4.18. The Morgan fingerprint density at radius 3 is 1.90 bits per heavy atom. The van der Waals surface area contributed by atoms with E-state index in [4.69, 9.17) is 5.11 Å². The summed E-state index contributed by atoms with van der Waals surface area (Å²) in [4.78, 5) is 2.50. The van der Waals surface area contributed by atoms with E-state index in [9.17, 15) is 0 Å². The minimum atomic E-state index is 0.342. The summed E-state index contributed by atoms with van der Waals surface area (Å²) in [6.45, 7) is 4.09. The minimum Gasteiger partial charge on any atom is -0.396 e. The third-order valence-corrected chi connectivity index (χ3v) is 3.21. The molecule has 58 valence electrons. The molecule has 2 bridgehead atoms. The molecule has 0 aromatic rings. The molecule has 3 rings (SSSR count). The first-order valence-electron chi connectivity index (χ1n) is 4.18. The van der Waals surface area contributed by atoms with Crippen molar-refractivity contribution in [3.05, 3.63) is 0 Å². The van der Waals surface area contributed by atoms with Crippen LogP contribution in [-0.4, -0.2) is 36.2 Å². The van der Waals surface area contributed by atoms with Crippen molar-refractivity contribution in [2.45, 2.75) is 19.3 Å². The smallest absolute Gasteiger partial charge is 0.0488 e. The van der Waals surface area contributed by atoms with Gasteiger partial charge in [-0.25, -0.2) is 0 Å². The Balaban J connectivity index is 2.08. The number of aliphatic hydroxyl groups is 1. The summed E-state index contributed by atoms with van der Waals surface area (Å²) in [7, 11) is 0. The van der Waals surface area contributed by atoms with Gasteiger partial charge in [-0.2, -0.15) is 0 Å². The monoisotopic (exact) mass is 141 g/mol. The number of fused-ring (bicyclic) bond motifs is 3. The van der Waals surface area contributed by atoms with Crippen molar-refractivity contribution in [2.24, 2.45) is 5.41 Å². The predicted molar refractivity (Wildman–Crippen MR) is 39.8 cm³/mol. The van der Waals surface area contributed by atoms with Crippen molar-refractivity contribution in [2.75, 3.05) is 26.2 Å². The Hall–Kier alpha value is -0.0800. The van der Waals surface area contributed by atoms with Crippen molar-refractivity contribution in [3.8, 4) is 0 Å². The van der Waals surface area contributed by atoms with E-state index in [1.807, 2.05) is 0 Å². The molecule has 2 heteroatoms. The van der Waals surface area contributed by atoms with Gasteiger partial charge in [0.25, 0.3) is 0 Å². The second-order valence-electron chi connectivity index (χ2n) is 3.75. The fourth-order valence-corrected chi connectivity index (χ4v) is 2.13. The Labute approximate surface area is 61.8 Å². The lowest BCUT2D eigenvalue weighted by Crippen LogP contribution is -2.49. The number of rotatable bonds is 1. The summed E-state index contributed by atoms with van der Waals surface area (Å²) in [5.74, 6) is 0. The quantitative estimate of drug-likeness (QED) is 0.573. The first kappa shape index (κ1) is 6.62. The lowest BCUT2D eigenvalue weighted by molar-refractivity contribution is -0.0152. The van der Waals surface area contributed by atoms with Crippen LogP contribution >= 0.6 is 0 Å². The van der Waals surface area contributed by atoms with Gasteiger partial charge in [-0.05, 0) is 44.3 Å². The molecule has 0 aromatic heterocycles. The molecule has 0 unspecified atom stereocenters. The van der Waals surface area contributed by atoms with Crippen LogP contribution in [0.5, 0.6) is 0 Å². The summed E-state index contributed by atoms with van der Waals surface area (Å²) in [6.07, 6.45) is 3.68. The molecule has 0 saturated carbocycles. The lowest BCUT2D eigenvalue weighted by Gasteiger charge is -2.47. The average molecular weight is 141 g/mol. The van der Waals surface area contributed by atoms with Crippen LogP contribution in [-0.2, 0) is 0 Å². The van der Waals surface area contributed by atoms with E-state index in [1.165, 1.54) is 38.9 Å². The van der Waals surface area contributed by atoms with Gasteiger partial charge in [-0.3, -0.25) is 0 Å². The summed E-state index contributed by atoms with van der Waals surface area (Å²) in [5.41, 5.74) is 0.342. The number of hydrogen-bond acceptors (Lipinski definition) is 2. The molecule has 10 heavy (non-hydrogen) atoms. The van der Waals surface area contributed by atoms with E-state index < -0.39 is 0 Å². The van der Waals surface area contributed by atoms with Crippen LogP contribution in [0.3, 0.4) is 0 Å². The number of piperidine rings is 3. The van der Waals surface area contributed by atoms with E-state index in [1.54, 1.807) is 0 Å². The molecule has 3 aliphatic heterocycles. The zero-order chi connectivity index (χ0) is 7.03. The normalized spacial score (nSPS) is 45.9. The number of nitrogens with zero attached hydrogens (tertiary/aromatic N) is 1. The molecule has 3 heterocycles. The Kier molecular flexibility index (Phi) is 1.46. The second-order valence-corrected chi connectivity index (χ2v) is 3.75. The van der Waals surface area contributed by atoms with Gasteiger partial charge in [-0.15, -0.1) is 0 Å². The van der Waals surface area contributed by atoms with E-state index in [0.717, 1.165) is 0 Å². The summed E-state index contributed by atoms with van der Waals surface area (Å²) >= 11 is 0. The molecule has 1 N–H and O–H groups in total. The molecule has 0 radical (unpaired) electrons. The van der Waals surface area contributed by atoms with Gasteiger partial charge in [0, 0.05) is 6.61 Å². The van der Waals surface area contributed by atoms with E-state index in [2.05, 4.69) is 4.90 Å². The van der Waals surface area contributed by atoms with Gasteiger partial charge in [-0.1, -0.05) is 0 Å². The van der Waals surface area contributed by atoms with Crippen molar-refractivity contribution in [3.63, 3.8) is 0 Å². The zero-order valence-corrected chi connectivity index (χ0v) is 6.34. The van der Waals surface area contributed by atoms with Crippen molar-refractivity contribution in [1.82, 2.24) is 4.90 Å². The first-order chi connectivity index (χ1) is 4.85. The third-order valence-electron chi connectivity index (χ3n) is 3.21. The lowest BCUT2D eigenvalue weighted by atomic mass is 9.73. The van der Waals surface area contributed by atoms with Crippen molar-refractivity contribution in [1.29, 1.82) is 0 Å². The van der Waals surface area contributed by atoms with Crippen molar-refractivity contribution >= 4 is 0 Å². The van der Waals surface area contributed by atoms with Gasteiger partial charge in [0.15, 0.2) is 0 Å². The maximum Gasteiger partial charge on any atom is 0.0488 e. The van der Waals surface area contributed by atoms with E-state index >= 15 is 0 Å². The van der Waals surface area contributed by atoms with E-state index in [-0.39, 0.29) is 0 Å². The summed E-state index contributed by atoms with van der Waals surface area (Å²) in [6, 6.07) is 0. The molecule has 0 aliphatic carbocycles. The topological polar surface area (TPSA) is 23.5 Å². The van der Waals surface area contributed by atoms with Crippen LogP contribution in [0.4, 0.5) is 0 Å². The van der Waals surface area contributed by atoms with Crippen LogP contribution in [0, 0.1) is 5.41 Å². The van der Waals surface area contributed by atoms with Gasteiger partial charge in [0.1, 0.15) is 0 Å². The Bertz CT molecular complexity index is 113. The molecular weight excluding hydrogens is 126 g/mol. The molecule has 3 aliphatic rings. The highest BCUT2D eigenvalue weighted by molar-refractivity contribution is 4.91. The highest BCUT2D eigenvalue weighted by Gasteiger charge is 2.38. The van der Waals surface area contributed by atoms with Crippen molar-refractivity contribution < 1.29 is 5.11 Å². The maximum atomic E-state index is 9.15. The van der Waals surface area contributed by atoms with Gasteiger partial charge in [0.05, 0.1) is 0 Å². The van der Waals surface area contributed by atoms with Crippen LogP contribution in [0.2, 0.25) is 0 Å². The van der Waals surface area contributed by atoms with Crippen LogP contribution in [0.1, 0.15) is 19.3 Å². The highest BCUT2D eigenvalue weighted by Crippen LogP contribution is 2.39. The molecule has 3 fully saturated rings. The van der Waals surface area contributed by atoms with Crippen LogP contribution in [0.25, 0.3) is 0 Å². The molecular formula is C8H15NO. The zero-order valence-electron chi connectivity index (χ0n) is 6.34. The fourth-order valence-electron chi connectivity index (χ4n) is 2.13. The standard InChI is InChI=1S/C8H15NO/c10-7-8-1-4-9(5-2-8)6-3-8/h10H,1-7H2. The van der Waals surface area contributed by atoms with Gasteiger partial charge >= 0.3 is 0 Å². The fraction of sp³-hybridized carbons (Fsp3) is 1.00. The Morgan fingerprint density at radius 2 is 1.60 bits per heavy atom. The van der Waals surface area contributed by atoms with Crippen LogP contribution < -0.4 is 0 Å². The average Bonchev–Trinajstić information content (AvgIpc) is 2.08. The number of aliphatic hydroxyl groups excluding tert-OH is 1. The molecule has 0 spiro atoms. The van der Waals surface area contributed by atoms with E-state index in [0.29, 0.717) is 12.0 Å². The molecule has 0 aromatic carbocycles. The molecule has 3 saturated heterocycles. The molecule has 0 amide bonds. The maximum absolute atomic E-state index is 9.15. The predicted octanol–water partition coefficient (Wildman–Crippen LogP) is 0.465. The Morgan fingerprint density at radius 1 is 1.10 bits per heavy atom. The van der Waals surface area contributed by atoms with Gasteiger partial charge in [0.2, 0.25) is 0 Å². The molecule has 2 nitrogen and oxygen atoms in total. The van der Waals surface area contributed by atoms with Gasteiger partial charge < -0.3 is 10.0 Å². The van der Waals surface area contributed by atoms with Crippen LogP contribution in [0.15, 0.2) is 0 Å². The molecule has 0 atom stereocenters. The second kappa shape index (κ2) is 2.21. The minimum absolute atomic E-state index is 0.342. The highest BCUT2D eigenvalue weighted by atomic mass is 16.3. The largest absolute Gasteiger partial charge is 0.396 e. The number of hydrogen-bond donors (Lipinski definition) is 1. The SMILES string of the molecule is OCC12CCN(CC1)CC2.